The maximum absolute atomic E-state index is 12.7. The minimum Gasteiger partial charge on any atom is -0.387 e. The van der Waals surface area contributed by atoms with Gasteiger partial charge in [-0.05, 0) is 70.1 Å². The lowest BCUT2D eigenvalue weighted by Gasteiger charge is -2.41. The Morgan fingerprint density at radius 1 is 1.18 bits per heavy atom. The fourth-order valence-electron chi connectivity index (χ4n) is 5.64. The summed E-state index contributed by atoms with van der Waals surface area (Å²) in [7, 11) is 0. The predicted octanol–water partition coefficient (Wildman–Crippen LogP) is 2.74. The van der Waals surface area contributed by atoms with Crippen molar-refractivity contribution >= 4 is 23.0 Å². The second kappa shape index (κ2) is 7.93. The lowest BCUT2D eigenvalue weighted by Crippen LogP contribution is -2.43. The number of carbonyl (C=O) groups excluding carboxylic acids is 1. The van der Waals surface area contributed by atoms with Gasteiger partial charge in [0, 0.05) is 17.8 Å². The minimum absolute atomic E-state index is 0.0121. The van der Waals surface area contributed by atoms with Crippen LogP contribution in [0.3, 0.4) is 0 Å². The molecule has 9 nitrogen and oxygen atoms in total. The van der Waals surface area contributed by atoms with Gasteiger partial charge in [-0.1, -0.05) is 6.08 Å². The SMILES string of the molecule is C[C@]12CC(c3ccc(NC(=O)c4nc(N)c[nH]4)c(C4=CCCCC4)n3)C[C@](C)(O1)[C@H](O)[C@@H]2O. The molecule has 1 unspecified atom stereocenters. The standard InChI is InChI=1S/C24H31N5O4/c1-23-10-14(11-24(2,33-23)20(31)19(23)30)15-8-9-16(18(27-15)13-6-4-3-5-7-13)28-22(32)21-26-12-17(25)29-21/h6,8-9,12,14,19-20,30-31H,3-5,7,10-11,25H2,1-2H3,(H,26,29)(H,28,32)/t14?,19-,20+,23+,24-. The fourth-order valence-corrected chi connectivity index (χ4v) is 5.64. The summed E-state index contributed by atoms with van der Waals surface area (Å²) in [6, 6.07) is 3.80. The number of hydrogen-bond donors (Lipinski definition) is 5. The summed E-state index contributed by atoms with van der Waals surface area (Å²) in [5.74, 6) is 0.0294. The maximum atomic E-state index is 12.7. The molecule has 176 valence electrons. The molecule has 5 rings (SSSR count). The van der Waals surface area contributed by atoms with Crippen molar-refractivity contribution in [1.82, 2.24) is 15.0 Å². The van der Waals surface area contributed by atoms with E-state index in [1.165, 1.54) is 6.20 Å². The van der Waals surface area contributed by atoms with Crippen LogP contribution in [0.15, 0.2) is 24.4 Å². The molecule has 0 radical (unpaired) electrons. The second-order valence-corrected chi connectivity index (χ2v) is 9.96. The lowest BCUT2D eigenvalue weighted by atomic mass is 9.82. The van der Waals surface area contributed by atoms with E-state index in [1.54, 1.807) is 0 Å². The molecule has 0 aromatic carbocycles. The number of ether oxygens (including phenoxy) is 1. The summed E-state index contributed by atoms with van der Waals surface area (Å²) < 4.78 is 6.11. The van der Waals surface area contributed by atoms with Crippen molar-refractivity contribution in [3.05, 3.63) is 41.6 Å². The molecular formula is C24H31N5O4. The minimum atomic E-state index is -0.938. The highest BCUT2D eigenvalue weighted by Gasteiger charge is 2.62. The third-order valence-corrected chi connectivity index (χ3v) is 7.31. The molecule has 5 atom stereocenters. The number of hydrogen-bond acceptors (Lipinski definition) is 7. The first kappa shape index (κ1) is 22.1. The first-order chi connectivity index (χ1) is 15.7. The van der Waals surface area contributed by atoms with E-state index in [-0.39, 0.29) is 23.5 Å². The number of pyridine rings is 1. The number of allylic oxidation sites excluding steroid dienone is 2. The summed E-state index contributed by atoms with van der Waals surface area (Å²) in [4.78, 5) is 24.5. The highest BCUT2D eigenvalue weighted by Crippen LogP contribution is 2.53. The summed E-state index contributed by atoms with van der Waals surface area (Å²) in [6.07, 6.45) is 7.01. The highest BCUT2D eigenvalue weighted by molar-refractivity contribution is 6.03. The highest BCUT2D eigenvalue weighted by atomic mass is 16.6. The number of carbonyl (C=O) groups is 1. The van der Waals surface area contributed by atoms with E-state index in [0.717, 1.165) is 42.6 Å². The van der Waals surface area contributed by atoms with E-state index >= 15 is 0 Å². The predicted molar refractivity (Wildman–Crippen MR) is 124 cm³/mol. The topological polar surface area (TPSA) is 146 Å². The van der Waals surface area contributed by atoms with Crippen LogP contribution >= 0.6 is 0 Å². The van der Waals surface area contributed by atoms with Gasteiger partial charge < -0.3 is 31.0 Å². The van der Waals surface area contributed by atoms with Crippen LogP contribution in [-0.2, 0) is 4.74 Å². The molecule has 33 heavy (non-hydrogen) atoms. The monoisotopic (exact) mass is 453 g/mol. The Morgan fingerprint density at radius 3 is 2.52 bits per heavy atom. The van der Waals surface area contributed by atoms with Gasteiger partial charge in [-0.2, -0.15) is 0 Å². The zero-order valence-corrected chi connectivity index (χ0v) is 19.0. The van der Waals surface area contributed by atoms with Crippen molar-refractivity contribution in [1.29, 1.82) is 0 Å². The van der Waals surface area contributed by atoms with Crippen LogP contribution in [-0.4, -0.2) is 54.5 Å². The number of H-pyrrole nitrogens is 1. The maximum Gasteiger partial charge on any atom is 0.291 e. The molecule has 6 N–H and O–H groups in total. The van der Waals surface area contributed by atoms with E-state index < -0.39 is 23.4 Å². The Kier molecular flexibility index (Phi) is 5.30. The smallest absolute Gasteiger partial charge is 0.291 e. The van der Waals surface area contributed by atoms with Crippen LogP contribution in [0.2, 0.25) is 0 Å². The second-order valence-electron chi connectivity index (χ2n) is 9.96. The largest absolute Gasteiger partial charge is 0.387 e. The average molecular weight is 454 g/mol. The number of aromatic nitrogens is 3. The molecular weight excluding hydrogens is 422 g/mol. The first-order valence-corrected chi connectivity index (χ1v) is 11.6. The Morgan fingerprint density at radius 2 is 1.91 bits per heavy atom. The van der Waals surface area contributed by atoms with Gasteiger partial charge in [-0.25, -0.2) is 4.98 Å². The summed E-state index contributed by atoms with van der Waals surface area (Å²) >= 11 is 0. The van der Waals surface area contributed by atoms with Crippen molar-refractivity contribution in [2.75, 3.05) is 11.1 Å². The zero-order valence-electron chi connectivity index (χ0n) is 19.0. The van der Waals surface area contributed by atoms with Crippen molar-refractivity contribution in [3.63, 3.8) is 0 Å². The zero-order chi connectivity index (χ0) is 23.4. The number of rotatable bonds is 4. The van der Waals surface area contributed by atoms with Gasteiger partial charge in [0.15, 0.2) is 5.82 Å². The van der Waals surface area contributed by atoms with Gasteiger partial charge in [-0.3, -0.25) is 9.78 Å². The molecule has 2 aromatic heterocycles. The molecule has 1 amide bonds. The molecule has 3 aliphatic rings. The molecule has 2 bridgehead atoms. The van der Waals surface area contributed by atoms with Crippen LogP contribution in [0.1, 0.15) is 80.3 Å². The number of amides is 1. The van der Waals surface area contributed by atoms with E-state index in [2.05, 4.69) is 21.4 Å². The normalized spacial score (nSPS) is 33.6. The lowest BCUT2D eigenvalue weighted by molar-refractivity contribution is -0.153. The number of nitrogens with two attached hydrogens (primary N) is 1. The quantitative estimate of drug-likeness (QED) is 0.478. The average Bonchev–Trinajstić information content (AvgIpc) is 3.28. The molecule has 9 heteroatoms. The van der Waals surface area contributed by atoms with Crippen LogP contribution < -0.4 is 11.1 Å². The molecule has 2 aromatic rings. The van der Waals surface area contributed by atoms with Crippen molar-refractivity contribution < 1.29 is 19.7 Å². The van der Waals surface area contributed by atoms with Crippen molar-refractivity contribution in [2.45, 2.75) is 81.7 Å². The van der Waals surface area contributed by atoms with E-state index in [0.29, 0.717) is 18.5 Å². The fraction of sp³-hybridized carbons (Fsp3) is 0.542. The van der Waals surface area contributed by atoms with Crippen LogP contribution in [0.4, 0.5) is 11.5 Å². The Hall–Kier alpha value is -2.75. The summed E-state index contributed by atoms with van der Waals surface area (Å²) in [5.41, 5.74) is 7.36. The number of aliphatic hydroxyl groups excluding tert-OH is 2. The van der Waals surface area contributed by atoms with Crippen LogP contribution in [0.5, 0.6) is 0 Å². The third kappa shape index (κ3) is 3.84. The van der Waals surface area contributed by atoms with Gasteiger partial charge in [0.05, 0.1) is 22.6 Å². The van der Waals surface area contributed by atoms with Crippen LogP contribution in [0.25, 0.3) is 5.57 Å². The molecule has 2 aliphatic heterocycles. The molecule has 0 saturated carbocycles. The van der Waals surface area contributed by atoms with E-state index in [4.69, 9.17) is 15.5 Å². The van der Waals surface area contributed by atoms with Gasteiger partial charge in [0.25, 0.3) is 5.91 Å². The summed E-state index contributed by atoms with van der Waals surface area (Å²) in [6.45, 7) is 3.71. The molecule has 2 fully saturated rings. The van der Waals surface area contributed by atoms with Gasteiger partial charge in [-0.15, -0.1) is 0 Å². The van der Waals surface area contributed by atoms with Gasteiger partial charge in [0.1, 0.15) is 18.0 Å². The van der Waals surface area contributed by atoms with Crippen molar-refractivity contribution in [2.24, 2.45) is 0 Å². The third-order valence-electron chi connectivity index (χ3n) is 7.31. The number of nitrogen functional groups attached to an aromatic ring is 1. The van der Waals surface area contributed by atoms with Crippen LogP contribution in [0, 0.1) is 0 Å². The molecule has 0 spiro atoms. The number of nitrogens with zero attached hydrogens (tertiary/aromatic N) is 2. The van der Waals surface area contributed by atoms with Gasteiger partial charge >= 0.3 is 0 Å². The Balaban J connectivity index is 1.49. The summed E-state index contributed by atoms with van der Waals surface area (Å²) in [5, 5.41) is 24.1. The van der Waals surface area contributed by atoms with Gasteiger partial charge in [0.2, 0.25) is 0 Å². The molecule has 4 heterocycles. The number of fused-ring (bicyclic) bond motifs is 2. The van der Waals surface area contributed by atoms with E-state index in [9.17, 15) is 15.0 Å². The number of imidazole rings is 1. The van der Waals surface area contributed by atoms with Crippen molar-refractivity contribution in [3.8, 4) is 0 Å². The number of anilines is 2. The Labute approximate surface area is 192 Å². The number of aliphatic hydroxyl groups is 2. The molecule has 1 aliphatic carbocycles. The number of nitrogens with one attached hydrogen (secondary N) is 2. The Bertz CT molecular complexity index is 1090. The molecule has 2 saturated heterocycles. The van der Waals surface area contributed by atoms with E-state index in [1.807, 2.05) is 26.0 Å². The first-order valence-electron chi connectivity index (χ1n) is 11.6. The number of aromatic amines is 1.